The zero-order chi connectivity index (χ0) is 8.65. The van der Waals surface area contributed by atoms with Crippen molar-refractivity contribution in [3.63, 3.8) is 0 Å². The molecule has 1 fully saturated rings. The molecular formula is C10H18OSn. The van der Waals surface area contributed by atoms with Gasteiger partial charge >= 0.3 is 87.0 Å². The Morgan fingerprint density at radius 2 is 2.42 bits per heavy atom. The molecule has 0 spiro atoms. The summed E-state index contributed by atoms with van der Waals surface area (Å²) in [6.07, 6.45) is 11.6. The summed E-state index contributed by atoms with van der Waals surface area (Å²) in [6.45, 7) is 2.25. The van der Waals surface area contributed by atoms with Gasteiger partial charge < -0.3 is 0 Å². The third kappa shape index (κ3) is 4.70. The van der Waals surface area contributed by atoms with Gasteiger partial charge in [0.05, 0.1) is 0 Å². The first kappa shape index (κ1) is 10.8. The van der Waals surface area contributed by atoms with Crippen LogP contribution in [-0.2, 0) is 3.07 Å². The van der Waals surface area contributed by atoms with E-state index in [4.69, 9.17) is 3.07 Å². The molecule has 0 amide bonds. The van der Waals surface area contributed by atoms with Crippen molar-refractivity contribution in [1.29, 1.82) is 0 Å². The zero-order valence-electron chi connectivity index (χ0n) is 7.94. The summed E-state index contributed by atoms with van der Waals surface area (Å²) < 4.78 is 7.23. The molecule has 1 unspecified atom stereocenters. The molecule has 4 radical (unpaired) electrons. The van der Waals surface area contributed by atoms with Gasteiger partial charge in [0.2, 0.25) is 0 Å². The van der Waals surface area contributed by atoms with Gasteiger partial charge in [0.15, 0.2) is 0 Å². The molecule has 1 rings (SSSR count). The molecule has 1 saturated carbocycles. The number of unbranched alkanes of at least 4 members (excludes halogenated alkanes) is 1. The Kier molecular flexibility index (Phi) is 6.49. The van der Waals surface area contributed by atoms with Gasteiger partial charge in [-0.2, -0.15) is 0 Å². The van der Waals surface area contributed by atoms with Gasteiger partial charge in [-0.05, 0) is 0 Å². The van der Waals surface area contributed by atoms with Crippen molar-refractivity contribution < 1.29 is 3.07 Å². The van der Waals surface area contributed by atoms with E-state index >= 15 is 0 Å². The summed E-state index contributed by atoms with van der Waals surface area (Å²) in [6, 6.07) is 0. The number of hydrogen-bond donors (Lipinski definition) is 0. The fraction of sp³-hybridized carbons (Fsp3) is 0.900. The van der Waals surface area contributed by atoms with Gasteiger partial charge in [-0.25, -0.2) is 0 Å². The monoisotopic (exact) mass is 274 g/mol. The molecule has 12 heavy (non-hydrogen) atoms. The van der Waals surface area contributed by atoms with Gasteiger partial charge in [-0.15, -0.1) is 0 Å². The predicted molar refractivity (Wildman–Crippen MR) is 52.1 cm³/mol. The third-order valence-corrected chi connectivity index (χ3v) is 5.00. The Morgan fingerprint density at radius 1 is 1.50 bits per heavy atom. The van der Waals surface area contributed by atoms with E-state index in [0.717, 1.165) is 6.42 Å². The van der Waals surface area contributed by atoms with E-state index in [9.17, 15) is 0 Å². The molecule has 0 aromatic rings. The molecule has 1 aliphatic rings. The Balaban J connectivity index is 1.91. The molecule has 68 valence electrons. The Morgan fingerprint density at radius 3 is 3.08 bits per heavy atom. The van der Waals surface area contributed by atoms with Gasteiger partial charge in [-0.1, -0.05) is 0 Å². The minimum absolute atomic E-state index is 0.433. The van der Waals surface area contributed by atoms with Gasteiger partial charge in [0.1, 0.15) is 0 Å². The van der Waals surface area contributed by atoms with Crippen LogP contribution in [0.15, 0.2) is 0 Å². The maximum atomic E-state index is 5.84. The molecule has 0 aliphatic heterocycles. The Labute approximate surface area is 87.0 Å². The van der Waals surface area contributed by atoms with Crippen molar-refractivity contribution in [3.05, 3.63) is 6.42 Å². The van der Waals surface area contributed by atoms with Gasteiger partial charge in [0.25, 0.3) is 0 Å². The van der Waals surface area contributed by atoms with E-state index in [2.05, 4.69) is 13.3 Å². The fourth-order valence-electron chi connectivity index (χ4n) is 1.33. The van der Waals surface area contributed by atoms with Crippen molar-refractivity contribution in [3.8, 4) is 0 Å². The predicted octanol–water partition coefficient (Wildman–Crippen LogP) is 2.86. The van der Waals surface area contributed by atoms with Gasteiger partial charge in [-0.3, -0.25) is 0 Å². The topological polar surface area (TPSA) is 9.23 Å². The van der Waals surface area contributed by atoms with Crippen molar-refractivity contribution >= 4 is 21.6 Å². The molecule has 0 N–H and O–H groups in total. The SMILES string of the molecule is CCC[CH2][Sn][O]C1[C]CCCC1. The standard InChI is InChI=1S/C6H9O.C4H9.Sn/c7-6-4-2-1-3-5-6;1-3-4-2;/h6H,1-4H2;1,3-4H2,2H3;/q-1;;+1. The molecule has 0 aromatic carbocycles. The van der Waals surface area contributed by atoms with E-state index in [1.165, 1.54) is 36.5 Å². The fourth-order valence-corrected chi connectivity index (χ4v) is 4.23. The Hall–Kier alpha value is 0.759. The average Bonchev–Trinajstić information content (AvgIpc) is 2.14. The molecule has 0 aromatic heterocycles. The molecule has 1 aliphatic carbocycles. The molecule has 0 saturated heterocycles. The van der Waals surface area contributed by atoms with E-state index < -0.39 is 21.6 Å². The van der Waals surface area contributed by atoms with Crippen LogP contribution in [0.3, 0.4) is 0 Å². The molecule has 1 atom stereocenters. The maximum absolute atomic E-state index is 5.84. The number of rotatable bonds is 5. The Bertz CT molecular complexity index is 100. The first-order valence-corrected chi connectivity index (χ1v) is 8.23. The second-order valence-electron chi connectivity index (χ2n) is 3.30. The third-order valence-electron chi connectivity index (χ3n) is 2.12. The second-order valence-corrected chi connectivity index (χ2v) is 6.23. The van der Waals surface area contributed by atoms with Crippen LogP contribution >= 0.6 is 0 Å². The van der Waals surface area contributed by atoms with Crippen LogP contribution in [0.5, 0.6) is 0 Å². The normalized spacial score (nSPS) is 19.8. The summed E-state index contributed by atoms with van der Waals surface area (Å²) >= 11 is -0.463. The van der Waals surface area contributed by atoms with E-state index in [0.29, 0.717) is 6.10 Å². The van der Waals surface area contributed by atoms with Crippen LogP contribution < -0.4 is 0 Å². The molecule has 0 heterocycles. The first-order chi connectivity index (χ1) is 5.93. The average molecular weight is 273 g/mol. The summed E-state index contributed by atoms with van der Waals surface area (Å²) in [7, 11) is 0. The van der Waals surface area contributed by atoms with Crippen LogP contribution in [0.25, 0.3) is 0 Å². The molecule has 1 nitrogen and oxygen atoms in total. The quantitative estimate of drug-likeness (QED) is 0.552. The van der Waals surface area contributed by atoms with Crippen molar-refractivity contribution in [2.45, 2.75) is 56.0 Å². The number of hydrogen-bond acceptors (Lipinski definition) is 1. The molecule has 2 heteroatoms. The van der Waals surface area contributed by atoms with Crippen LogP contribution in [0.4, 0.5) is 0 Å². The van der Waals surface area contributed by atoms with Crippen LogP contribution in [0.2, 0.25) is 4.44 Å². The van der Waals surface area contributed by atoms with Crippen molar-refractivity contribution in [2.24, 2.45) is 0 Å². The first-order valence-electron chi connectivity index (χ1n) is 5.05. The van der Waals surface area contributed by atoms with Gasteiger partial charge in [0, 0.05) is 0 Å². The summed E-state index contributed by atoms with van der Waals surface area (Å²) in [4.78, 5) is 0. The summed E-state index contributed by atoms with van der Waals surface area (Å²) in [5, 5.41) is 0. The summed E-state index contributed by atoms with van der Waals surface area (Å²) in [5.41, 5.74) is 0. The molecular weight excluding hydrogens is 255 g/mol. The summed E-state index contributed by atoms with van der Waals surface area (Å²) in [5.74, 6) is 0. The van der Waals surface area contributed by atoms with Crippen LogP contribution in [0, 0.1) is 6.42 Å². The van der Waals surface area contributed by atoms with Crippen LogP contribution in [0.1, 0.15) is 45.4 Å². The van der Waals surface area contributed by atoms with Crippen molar-refractivity contribution in [1.82, 2.24) is 0 Å². The van der Waals surface area contributed by atoms with E-state index in [1.807, 2.05) is 0 Å². The van der Waals surface area contributed by atoms with Crippen LogP contribution in [-0.4, -0.2) is 27.7 Å². The van der Waals surface area contributed by atoms with Crippen molar-refractivity contribution in [2.75, 3.05) is 0 Å². The van der Waals surface area contributed by atoms with E-state index in [1.54, 1.807) is 0 Å². The molecule has 0 bridgehead atoms. The second kappa shape index (κ2) is 7.19. The minimum atomic E-state index is -0.463. The zero-order valence-corrected chi connectivity index (χ0v) is 10.8. The van der Waals surface area contributed by atoms with E-state index in [-0.39, 0.29) is 0 Å².